The van der Waals surface area contributed by atoms with Gasteiger partial charge < -0.3 is 15.0 Å². The van der Waals surface area contributed by atoms with Crippen LogP contribution in [-0.4, -0.2) is 29.0 Å². The molecule has 0 saturated heterocycles. The number of halogens is 2. The molecular weight excluding hydrogens is 280 g/mol. The van der Waals surface area contributed by atoms with Crippen molar-refractivity contribution in [2.75, 3.05) is 6.54 Å². The summed E-state index contributed by atoms with van der Waals surface area (Å²) in [4.78, 5) is 18.5. The normalized spacial score (nSPS) is 10.6. The number of aromatic amines is 1. The second-order valence-corrected chi connectivity index (χ2v) is 4.38. The topological polar surface area (TPSA) is 67.0 Å². The standard InChI is InChI=1S/C14H15F2N3O2/c15-14(16)21-12-3-1-10(2-4-12)7-13(20)18-6-5-11-8-17-9-19-11/h1-4,8-9,14H,5-7H2,(H,17,19)(H,18,20). The molecule has 7 heteroatoms. The molecule has 0 aliphatic rings. The van der Waals surface area contributed by atoms with Crippen LogP contribution in [0, 0.1) is 0 Å². The number of carbonyl (C=O) groups excluding carboxylic acids is 1. The lowest BCUT2D eigenvalue weighted by Gasteiger charge is -2.06. The van der Waals surface area contributed by atoms with Crippen molar-refractivity contribution in [3.05, 3.63) is 48.0 Å². The highest BCUT2D eigenvalue weighted by Crippen LogP contribution is 2.15. The first-order chi connectivity index (χ1) is 10.1. The van der Waals surface area contributed by atoms with Gasteiger partial charge in [-0.05, 0) is 17.7 Å². The highest BCUT2D eigenvalue weighted by atomic mass is 19.3. The molecule has 1 amide bonds. The van der Waals surface area contributed by atoms with Gasteiger partial charge in [0.05, 0.1) is 12.7 Å². The number of carbonyl (C=O) groups is 1. The predicted molar refractivity (Wildman–Crippen MR) is 72.1 cm³/mol. The maximum Gasteiger partial charge on any atom is 0.387 e. The Kier molecular flexibility index (Phi) is 5.25. The van der Waals surface area contributed by atoms with E-state index in [4.69, 9.17) is 0 Å². The van der Waals surface area contributed by atoms with Crippen LogP contribution in [0.5, 0.6) is 5.75 Å². The summed E-state index contributed by atoms with van der Waals surface area (Å²) in [7, 11) is 0. The van der Waals surface area contributed by atoms with Crippen molar-refractivity contribution in [3.8, 4) is 5.75 Å². The lowest BCUT2D eigenvalue weighted by atomic mass is 10.1. The average molecular weight is 295 g/mol. The van der Waals surface area contributed by atoms with Crippen molar-refractivity contribution >= 4 is 5.91 Å². The monoisotopic (exact) mass is 295 g/mol. The smallest absolute Gasteiger partial charge is 0.387 e. The molecule has 2 N–H and O–H groups in total. The number of benzene rings is 1. The highest BCUT2D eigenvalue weighted by Gasteiger charge is 2.06. The number of rotatable bonds is 7. The molecule has 2 rings (SSSR count). The number of hydrogen-bond acceptors (Lipinski definition) is 3. The number of H-pyrrole nitrogens is 1. The van der Waals surface area contributed by atoms with Crippen LogP contribution in [-0.2, 0) is 17.6 Å². The quantitative estimate of drug-likeness (QED) is 0.820. The lowest BCUT2D eigenvalue weighted by molar-refractivity contribution is -0.120. The van der Waals surface area contributed by atoms with Crippen LogP contribution < -0.4 is 10.1 Å². The van der Waals surface area contributed by atoms with Gasteiger partial charge >= 0.3 is 6.61 Å². The van der Waals surface area contributed by atoms with Gasteiger partial charge in [0.1, 0.15) is 5.75 Å². The summed E-state index contributed by atoms with van der Waals surface area (Å²) in [6, 6.07) is 6.01. The van der Waals surface area contributed by atoms with E-state index in [1.807, 2.05) is 0 Å². The van der Waals surface area contributed by atoms with E-state index in [-0.39, 0.29) is 18.1 Å². The number of amides is 1. The lowest BCUT2D eigenvalue weighted by Crippen LogP contribution is -2.27. The van der Waals surface area contributed by atoms with Crippen molar-refractivity contribution in [1.29, 1.82) is 0 Å². The van der Waals surface area contributed by atoms with Crippen LogP contribution in [0.1, 0.15) is 11.3 Å². The summed E-state index contributed by atoms with van der Waals surface area (Å²) in [5.74, 6) is -0.0505. The number of nitrogens with one attached hydrogen (secondary N) is 2. The Morgan fingerprint density at radius 1 is 1.33 bits per heavy atom. The molecule has 2 aromatic rings. The largest absolute Gasteiger partial charge is 0.435 e. The molecule has 21 heavy (non-hydrogen) atoms. The fraction of sp³-hybridized carbons (Fsp3) is 0.286. The Hall–Kier alpha value is -2.44. The third kappa shape index (κ3) is 5.21. The zero-order chi connectivity index (χ0) is 15.1. The first-order valence-corrected chi connectivity index (χ1v) is 6.41. The van der Waals surface area contributed by atoms with E-state index in [2.05, 4.69) is 20.0 Å². The number of aromatic nitrogens is 2. The average Bonchev–Trinajstić information content (AvgIpc) is 2.93. The molecule has 0 bridgehead atoms. The van der Waals surface area contributed by atoms with Crippen molar-refractivity contribution in [1.82, 2.24) is 15.3 Å². The number of ether oxygens (including phenoxy) is 1. The second-order valence-electron chi connectivity index (χ2n) is 4.38. The van der Waals surface area contributed by atoms with Crippen LogP contribution in [0.4, 0.5) is 8.78 Å². The Morgan fingerprint density at radius 2 is 2.10 bits per heavy atom. The van der Waals surface area contributed by atoms with E-state index in [1.165, 1.54) is 12.1 Å². The second kappa shape index (κ2) is 7.37. The number of hydrogen-bond donors (Lipinski definition) is 2. The molecule has 0 aliphatic carbocycles. The minimum Gasteiger partial charge on any atom is -0.435 e. The molecule has 0 spiro atoms. The predicted octanol–water partition coefficient (Wildman–Crippen LogP) is 1.91. The Bertz CT molecular complexity index is 556. The summed E-state index contributed by atoms with van der Waals surface area (Å²) < 4.78 is 28.2. The van der Waals surface area contributed by atoms with E-state index >= 15 is 0 Å². The first kappa shape index (κ1) is 15.0. The van der Waals surface area contributed by atoms with Crippen LogP contribution in [0.3, 0.4) is 0 Å². The van der Waals surface area contributed by atoms with Crippen LogP contribution >= 0.6 is 0 Å². The third-order valence-corrected chi connectivity index (χ3v) is 2.78. The van der Waals surface area contributed by atoms with Crippen molar-refractivity contribution in [2.45, 2.75) is 19.5 Å². The molecule has 0 saturated carbocycles. The molecule has 112 valence electrons. The van der Waals surface area contributed by atoms with Gasteiger partial charge in [-0.3, -0.25) is 4.79 Å². The van der Waals surface area contributed by atoms with Gasteiger partial charge in [-0.1, -0.05) is 12.1 Å². The molecule has 0 fully saturated rings. The number of nitrogens with zero attached hydrogens (tertiary/aromatic N) is 1. The summed E-state index contributed by atoms with van der Waals surface area (Å²) in [6.45, 7) is -2.34. The Labute approximate surface area is 120 Å². The van der Waals surface area contributed by atoms with Crippen molar-refractivity contribution < 1.29 is 18.3 Å². The maximum atomic E-state index is 12.0. The summed E-state index contributed by atoms with van der Waals surface area (Å²) in [5.41, 5.74) is 1.68. The summed E-state index contributed by atoms with van der Waals surface area (Å²) >= 11 is 0. The van der Waals surface area contributed by atoms with Gasteiger partial charge in [0.15, 0.2) is 0 Å². The number of alkyl halides is 2. The molecule has 0 aliphatic heterocycles. The molecule has 5 nitrogen and oxygen atoms in total. The summed E-state index contributed by atoms with van der Waals surface area (Å²) in [5, 5.41) is 2.78. The molecule has 1 aromatic heterocycles. The summed E-state index contributed by atoms with van der Waals surface area (Å²) in [6.07, 6.45) is 4.15. The minimum absolute atomic E-state index is 0.0772. The fourth-order valence-corrected chi connectivity index (χ4v) is 1.79. The fourth-order valence-electron chi connectivity index (χ4n) is 1.79. The zero-order valence-electron chi connectivity index (χ0n) is 11.2. The van der Waals surface area contributed by atoms with Gasteiger partial charge in [-0.15, -0.1) is 0 Å². The van der Waals surface area contributed by atoms with Gasteiger partial charge in [0, 0.05) is 24.9 Å². The van der Waals surface area contributed by atoms with Gasteiger partial charge in [0.25, 0.3) is 0 Å². The SMILES string of the molecule is O=C(Cc1ccc(OC(F)F)cc1)NCCc1cnc[nH]1. The third-order valence-electron chi connectivity index (χ3n) is 2.78. The van der Waals surface area contributed by atoms with Crippen molar-refractivity contribution in [2.24, 2.45) is 0 Å². The van der Waals surface area contributed by atoms with E-state index in [9.17, 15) is 13.6 Å². The maximum absolute atomic E-state index is 12.0. The van der Waals surface area contributed by atoms with E-state index in [0.717, 1.165) is 11.3 Å². The highest BCUT2D eigenvalue weighted by molar-refractivity contribution is 5.78. The molecule has 0 unspecified atom stereocenters. The van der Waals surface area contributed by atoms with Crippen LogP contribution in [0.2, 0.25) is 0 Å². The van der Waals surface area contributed by atoms with E-state index in [1.54, 1.807) is 24.7 Å². The van der Waals surface area contributed by atoms with Gasteiger partial charge in [-0.2, -0.15) is 8.78 Å². The zero-order valence-corrected chi connectivity index (χ0v) is 11.2. The van der Waals surface area contributed by atoms with Crippen LogP contribution in [0.25, 0.3) is 0 Å². The van der Waals surface area contributed by atoms with E-state index in [0.29, 0.717) is 13.0 Å². The van der Waals surface area contributed by atoms with Gasteiger partial charge in [0.2, 0.25) is 5.91 Å². The first-order valence-electron chi connectivity index (χ1n) is 6.41. The molecule has 1 aromatic carbocycles. The van der Waals surface area contributed by atoms with Gasteiger partial charge in [-0.25, -0.2) is 4.98 Å². The van der Waals surface area contributed by atoms with Crippen LogP contribution in [0.15, 0.2) is 36.8 Å². The molecular formula is C14H15F2N3O2. The Morgan fingerprint density at radius 3 is 2.71 bits per heavy atom. The molecule has 0 radical (unpaired) electrons. The van der Waals surface area contributed by atoms with Crippen molar-refractivity contribution in [3.63, 3.8) is 0 Å². The minimum atomic E-state index is -2.85. The molecule has 1 heterocycles. The Balaban J connectivity index is 1.74. The molecule has 0 atom stereocenters. The van der Waals surface area contributed by atoms with E-state index < -0.39 is 6.61 Å². The number of imidazole rings is 1.